The van der Waals surface area contributed by atoms with Crippen LogP contribution in [0.1, 0.15) is 58.3 Å². The Bertz CT molecular complexity index is 224. The van der Waals surface area contributed by atoms with Crippen LogP contribution in [0.5, 0.6) is 0 Å². The van der Waals surface area contributed by atoms with E-state index < -0.39 is 0 Å². The zero-order valence-electron chi connectivity index (χ0n) is 11.1. The number of alkyl halides is 1. The first kappa shape index (κ1) is 16.7. The number of ether oxygens (including phenoxy) is 1. The third-order valence-corrected chi connectivity index (χ3v) is 3.39. The minimum Gasteiger partial charge on any atom is -0.466 e. The fraction of sp³-hybridized carbons (Fsp3) is 0.786. The molecule has 0 rings (SSSR count). The summed E-state index contributed by atoms with van der Waals surface area (Å²) in [5.41, 5.74) is 0.735. The molecule has 0 aromatic rings. The van der Waals surface area contributed by atoms with Crippen molar-refractivity contribution in [2.45, 2.75) is 58.3 Å². The summed E-state index contributed by atoms with van der Waals surface area (Å²) in [6, 6.07) is 0. The predicted molar refractivity (Wildman–Crippen MR) is 76.5 cm³/mol. The molecular weight excluding hydrogens is 280 g/mol. The van der Waals surface area contributed by atoms with E-state index in [0.29, 0.717) is 5.33 Å². The lowest BCUT2D eigenvalue weighted by molar-refractivity contribution is -0.135. The molecule has 0 saturated carbocycles. The lowest BCUT2D eigenvalue weighted by atomic mass is 10.1. The Morgan fingerprint density at radius 3 is 2.24 bits per heavy atom. The Labute approximate surface area is 114 Å². The van der Waals surface area contributed by atoms with Crippen LogP contribution in [0.25, 0.3) is 0 Å². The smallest absolute Gasteiger partial charge is 0.334 e. The third-order valence-electron chi connectivity index (χ3n) is 2.79. The largest absolute Gasteiger partial charge is 0.466 e. The zero-order chi connectivity index (χ0) is 12.9. The van der Waals surface area contributed by atoms with Crippen molar-refractivity contribution in [2.24, 2.45) is 0 Å². The highest BCUT2D eigenvalue weighted by molar-refractivity contribution is 9.09. The van der Waals surface area contributed by atoms with Gasteiger partial charge < -0.3 is 4.74 Å². The van der Waals surface area contributed by atoms with Crippen molar-refractivity contribution in [3.63, 3.8) is 0 Å². The number of carbonyl (C=O) groups excluding carboxylic acids is 1. The van der Waals surface area contributed by atoms with Crippen LogP contribution in [0.4, 0.5) is 0 Å². The van der Waals surface area contributed by atoms with E-state index in [2.05, 4.69) is 27.6 Å². The number of unbranched alkanes of at least 4 members (excludes halogenated alkanes) is 7. The molecule has 0 N–H and O–H groups in total. The van der Waals surface area contributed by atoms with E-state index in [1.165, 1.54) is 52.1 Å². The van der Waals surface area contributed by atoms with Gasteiger partial charge in [-0.3, -0.25) is 0 Å². The van der Waals surface area contributed by atoms with Gasteiger partial charge in [0, 0.05) is 10.9 Å². The first-order valence-corrected chi connectivity index (χ1v) is 7.71. The Balaban J connectivity index is 3.53. The van der Waals surface area contributed by atoms with Crippen molar-refractivity contribution in [3.05, 3.63) is 11.6 Å². The molecule has 17 heavy (non-hydrogen) atoms. The molecule has 0 radical (unpaired) electrons. The summed E-state index contributed by atoms with van der Waals surface area (Å²) in [6.45, 7) is 2.24. The fourth-order valence-electron chi connectivity index (χ4n) is 1.70. The molecule has 2 nitrogen and oxygen atoms in total. The van der Waals surface area contributed by atoms with E-state index in [-0.39, 0.29) is 5.97 Å². The molecule has 0 spiro atoms. The van der Waals surface area contributed by atoms with Gasteiger partial charge in [-0.05, 0) is 12.8 Å². The monoisotopic (exact) mass is 304 g/mol. The topological polar surface area (TPSA) is 26.3 Å². The molecule has 0 fully saturated rings. The lowest BCUT2D eigenvalue weighted by Gasteiger charge is -2.02. The van der Waals surface area contributed by atoms with E-state index in [1.807, 2.05) is 6.08 Å². The minimum absolute atomic E-state index is 0.218. The van der Waals surface area contributed by atoms with Crippen LogP contribution in [0, 0.1) is 0 Å². The molecule has 0 bridgehead atoms. The second-order valence-corrected chi connectivity index (χ2v) is 4.83. The van der Waals surface area contributed by atoms with Crippen LogP contribution in [-0.4, -0.2) is 18.4 Å². The zero-order valence-corrected chi connectivity index (χ0v) is 12.7. The second-order valence-electron chi connectivity index (χ2n) is 4.26. The summed E-state index contributed by atoms with van der Waals surface area (Å²) in [5.74, 6) is -0.218. The third kappa shape index (κ3) is 9.40. The summed E-state index contributed by atoms with van der Waals surface area (Å²) in [5, 5.41) is 0.580. The van der Waals surface area contributed by atoms with Gasteiger partial charge in [0.15, 0.2) is 0 Å². The Morgan fingerprint density at radius 2 is 1.71 bits per heavy atom. The van der Waals surface area contributed by atoms with Gasteiger partial charge in [-0.15, -0.1) is 0 Å². The van der Waals surface area contributed by atoms with Gasteiger partial charge in [0.1, 0.15) is 0 Å². The van der Waals surface area contributed by atoms with E-state index in [0.717, 1.165) is 12.0 Å². The van der Waals surface area contributed by atoms with Crippen molar-refractivity contribution in [1.82, 2.24) is 0 Å². The van der Waals surface area contributed by atoms with Crippen molar-refractivity contribution in [2.75, 3.05) is 12.4 Å². The van der Waals surface area contributed by atoms with Crippen LogP contribution in [-0.2, 0) is 9.53 Å². The fourth-order valence-corrected chi connectivity index (χ4v) is 2.16. The van der Waals surface area contributed by atoms with Crippen molar-refractivity contribution < 1.29 is 9.53 Å². The number of hydrogen-bond donors (Lipinski definition) is 0. The Hall–Kier alpha value is -0.310. The van der Waals surface area contributed by atoms with Gasteiger partial charge in [0.05, 0.1) is 7.11 Å². The quantitative estimate of drug-likeness (QED) is 0.255. The number of esters is 1. The molecule has 3 heteroatoms. The molecule has 0 saturated heterocycles. The minimum atomic E-state index is -0.218. The van der Waals surface area contributed by atoms with Crippen molar-refractivity contribution >= 4 is 21.9 Å². The van der Waals surface area contributed by atoms with E-state index in [4.69, 9.17) is 0 Å². The number of rotatable bonds is 10. The first-order valence-electron chi connectivity index (χ1n) is 6.59. The maximum absolute atomic E-state index is 11.3. The molecule has 0 aliphatic heterocycles. The van der Waals surface area contributed by atoms with Gasteiger partial charge in [-0.1, -0.05) is 67.5 Å². The molecule has 0 amide bonds. The van der Waals surface area contributed by atoms with Gasteiger partial charge in [-0.2, -0.15) is 0 Å². The molecule has 0 atom stereocenters. The lowest BCUT2D eigenvalue weighted by Crippen LogP contribution is -2.05. The van der Waals surface area contributed by atoms with Crippen molar-refractivity contribution in [1.29, 1.82) is 0 Å². The Kier molecular flexibility index (Phi) is 11.9. The summed E-state index contributed by atoms with van der Waals surface area (Å²) in [4.78, 5) is 11.3. The number of methoxy groups -OCH3 is 1. The standard InChI is InChI=1S/C14H25BrO2/c1-3-4-5-6-7-8-9-10-11-13(12-15)14(16)17-2/h11H,3-10,12H2,1-2H3/b13-11+. The van der Waals surface area contributed by atoms with E-state index >= 15 is 0 Å². The van der Waals surface area contributed by atoms with E-state index in [9.17, 15) is 4.79 Å². The van der Waals surface area contributed by atoms with Gasteiger partial charge in [0.25, 0.3) is 0 Å². The van der Waals surface area contributed by atoms with Crippen LogP contribution in [0.15, 0.2) is 11.6 Å². The molecule has 0 aromatic carbocycles. The SMILES string of the molecule is CCCCCCCCC/C=C(\CBr)C(=O)OC. The molecular formula is C14H25BrO2. The average molecular weight is 305 g/mol. The molecule has 0 aromatic heterocycles. The normalized spacial score (nSPS) is 11.6. The summed E-state index contributed by atoms with van der Waals surface area (Å²) in [7, 11) is 1.42. The first-order chi connectivity index (χ1) is 8.26. The maximum Gasteiger partial charge on any atom is 0.334 e. The number of carbonyl (C=O) groups is 1. The van der Waals surface area contributed by atoms with Crippen molar-refractivity contribution in [3.8, 4) is 0 Å². The van der Waals surface area contributed by atoms with Gasteiger partial charge in [0.2, 0.25) is 0 Å². The molecule has 0 aliphatic rings. The predicted octanol–water partition coefficient (Wildman–Crippen LogP) is 4.62. The van der Waals surface area contributed by atoms with Gasteiger partial charge >= 0.3 is 5.97 Å². The van der Waals surface area contributed by atoms with Crippen LogP contribution in [0.2, 0.25) is 0 Å². The van der Waals surface area contributed by atoms with Gasteiger partial charge in [-0.25, -0.2) is 4.79 Å². The summed E-state index contributed by atoms with van der Waals surface area (Å²) < 4.78 is 4.69. The molecule has 0 unspecified atom stereocenters. The number of hydrogen-bond acceptors (Lipinski definition) is 2. The van der Waals surface area contributed by atoms with Crippen LogP contribution >= 0.6 is 15.9 Å². The number of allylic oxidation sites excluding steroid dienone is 1. The highest BCUT2D eigenvalue weighted by Crippen LogP contribution is 2.11. The molecule has 0 aliphatic carbocycles. The highest BCUT2D eigenvalue weighted by Gasteiger charge is 2.06. The highest BCUT2D eigenvalue weighted by atomic mass is 79.9. The summed E-state index contributed by atoms with van der Waals surface area (Å²) in [6.07, 6.45) is 12.1. The van der Waals surface area contributed by atoms with E-state index in [1.54, 1.807) is 0 Å². The second kappa shape index (κ2) is 12.2. The van der Waals surface area contributed by atoms with Crippen LogP contribution in [0.3, 0.4) is 0 Å². The summed E-state index contributed by atoms with van der Waals surface area (Å²) >= 11 is 3.30. The van der Waals surface area contributed by atoms with Crippen LogP contribution < -0.4 is 0 Å². The average Bonchev–Trinajstić information content (AvgIpc) is 2.36. The molecule has 0 heterocycles. The molecule has 100 valence electrons. The Morgan fingerprint density at radius 1 is 1.12 bits per heavy atom. The maximum atomic E-state index is 11.3. The number of halogens is 1.